The number of thioether (sulfide) groups is 1. The van der Waals surface area contributed by atoms with Crippen LogP contribution in [0.3, 0.4) is 0 Å². The van der Waals surface area contributed by atoms with Crippen molar-refractivity contribution in [2.75, 3.05) is 25.7 Å². The maximum absolute atomic E-state index is 5.74. The van der Waals surface area contributed by atoms with Crippen molar-refractivity contribution < 1.29 is 9.47 Å². The van der Waals surface area contributed by atoms with Crippen LogP contribution in [0.1, 0.15) is 5.56 Å². The molecular formula is C11H15ClO2S. The summed E-state index contributed by atoms with van der Waals surface area (Å²) in [5.74, 6) is 2.98. The van der Waals surface area contributed by atoms with Gasteiger partial charge >= 0.3 is 0 Å². The van der Waals surface area contributed by atoms with Gasteiger partial charge in [0.05, 0.1) is 13.7 Å². The minimum atomic E-state index is 0.488. The average Bonchev–Trinajstić information content (AvgIpc) is 2.29. The molecule has 15 heavy (non-hydrogen) atoms. The molecule has 2 nitrogen and oxygen atoms in total. The molecule has 1 aromatic carbocycles. The number of benzene rings is 1. The lowest BCUT2D eigenvalue weighted by Gasteiger charge is -2.10. The van der Waals surface area contributed by atoms with Crippen molar-refractivity contribution in [1.82, 2.24) is 0 Å². The zero-order valence-electron chi connectivity index (χ0n) is 8.96. The minimum absolute atomic E-state index is 0.488. The van der Waals surface area contributed by atoms with Crippen molar-refractivity contribution in [1.29, 1.82) is 0 Å². The van der Waals surface area contributed by atoms with E-state index in [2.05, 4.69) is 6.26 Å². The number of ether oxygens (including phenoxy) is 2. The fraction of sp³-hybridized carbons (Fsp3) is 0.455. The molecule has 0 aliphatic rings. The van der Waals surface area contributed by atoms with E-state index in [-0.39, 0.29) is 0 Å². The Morgan fingerprint density at radius 1 is 1.33 bits per heavy atom. The maximum atomic E-state index is 5.74. The van der Waals surface area contributed by atoms with Gasteiger partial charge in [-0.1, -0.05) is 6.07 Å². The van der Waals surface area contributed by atoms with Crippen molar-refractivity contribution in [3.63, 3.8) is 0 Å². The van der Waals surface area contributed by atoms with E-state index in [0.717, 1.165) is 22.8 Å². The van der Waals surface area contributed by atoms with Gasteiger partial charge in [0.25, 0.3) is 0 Å². The molecule has 0 aromatic heterocycles. The lowest BCUT2D eigenvalue weighted by atomic mass is 10.2. The monoisotopic (exact) mass is 246 g/mol. The van der Waals surface area contributed by atoms with Crippen LogP contribution in [0.2, 0.25) is 0 Å². The van der Waals surface area contributed by atoms with Crippen molar-refractivity contribution >= 4 is 23.4 Å². The Labute approximate surface area is 99.9 Å². The Bertz CT molecular complexity index is 305. The topological polar surface area (TPSA) is 18.5 Å². The highest BCUT2D eigenvalue weighted by molar-refractivity contribution is 7.98. The van der Waals surface area contributed by atoms with Crippen LogP contribution in [-0.2, 0) is 5.88 Å². The Kier molecular flexibility index (Phi) is 5.73. The van der Waals surface area contributed by atoms with Crippen LogP contribution in [-0.4, -0.2) is 25.7 Å². The van der Waals surface area contributed by atoms with Crippen molar-refractivity contribution in [3.05, 3.63) is 23.8 Å². The second-order valence-electron chi connectivity index (χ2n) is 2.96. The standard InChI is InChI=1S/C11H15ClO2S/c1-13-11-7-9(8-12)3-4-10(11)14-5-6-15-2/h3-4,7H,5-6,8H2,1-2H3. The number of rotatable bonds is 6. The van der Waals surface area contributed by atoms with E-state index in [1.807, 2.05) is 18.2 Å². The lowest BCUT2D eigenvalue weighted by Crippen LogP contribution is -2.01. The van der Waals surface area contributed by atoms with E-state index in [9.17, 15) is 0 Å². The van der Waals surface area contributed by atoms with Crippen LogP contribution < -0.4 is 9.47 Å². The second kappa shape index (κ2) is 6.85. The average molecular weight is 247 g/mol. The number of methoxy groups -OCH3 is 1. The summed E-state index contributed by atoms with van der Waals surface area (Å²) in [6.45, 7) is 0.692. The smallest absolute Gasteiger partial charge is 0.161 e. The van der Waals surface area contributed by atoms with Crippen molar-refractivity contribution in [2.45, 2.75) is 5.88 Å². The molecule has 0 fully saturated rings. The van der Waals surface area contributed by atoms with Gasteiger partial charge < -0.3 is 9.47 Å². The molecule has 1 aromatic rings. The first-order valence-corrected chi connectivity index (χ1v) is 6.59. The molecule has 84 valence electrons. The van der Waals surface area contributed by atoms with Crippen LogP contribution in [0, 0.1) is 0 Å². The molecule has 0 aliphatic heterocycles. The quantitative estimate of drug-likeness (QED) is 0.568. The van der Waals surface area contributed by atoms with Crippen LogP contribution in [0.5, 0.6) is 11.5 Å². The summed E-state index contributed by atoms with van der Waals surface area (Å²) < 4.78 is 10.8. The first kappa shape index (κ1) is 12.5. The Balaban J connectivity index is 2.69. The molecule has 0 unspecified atom stereocenters. The SMILES string of the molecule is COc1cc(CCl)ccc1OCCSC. The largest absolute Gasteiger partial charge is 0.493 e. The maximum Gasteiger partial charge on any atom is 0.161 e. The molecule has 0 aliphatic carbocycles. The Hall–Kier alpha value is -0.540. The van der Waals surface area contributed by atoms with E-state index < -0.39 is 0 Å². The number of hydrogen-bond donors (Lipinski definition) is 0. The third-order valence-corrected chi connectivity index (χ3v) is 2.81. The molecule has 0 heterocycles. The summed E-state index contributed by atoms with van der Waals surface area (Å²) in [6, 6.07) is 5.75. The predicted octanol–water partition coefficient (Wildman–Crippen LogP) is 3.18. The fourth-order valence-corrected chi connectivity index (χ4v) is 1.57. The molecule has 0 spiro atoms. The third kappa shape index (κ3) is 3.84. The van der Waals surface area contributed by atoms with E-state index >= 15 is 0 Å². The van der Waals surface area contributed by atoms with Gasteiger partial charge in [-0.15, -0.1) is 11.6 Å². The van der Waals surface area contributed by atoms with Crippen LogP contribution >= 0.6 is 23.4 Å². The highest BCUT2D eigenvalue weighted by atomic mass is 35.5. The molecule has 0 amide bonds. The minimum Gasteiger partial charge on any atom is -0.493 e. The van der Waals surface area contributed by atoms with Gasteiger partial charge in [-0.05, 0) is 24.0 Å². The summed E-state index contributed by atoms with van der Waals surface area (Å²) in [6.07, 6.45) is 2.05. The summed E-state index contributed by atoms with van der Waals surface area (Å²) >= 11 is 7.49. The van der Waals surface area contributed by atoms with Gasteiger partial charge in [0.15, 0.2) is 11.5 Å². The summed E-state index contributed by atoms with van der Waals surface area (Å²) in [5, 5.41) is 0. The summed E-state index contributed by atoms with van der Waals surface area (Å²) in [5.41, 5.74) is 1.03. The van der Waals surface area contributed by atoms with Gasteiger partial charge in [0, 0.05) is 11.6 Å². The third-order valence-electron chi connectivity index (χ3n) is 1.93. The van der Waals surface area contributed by atoms with E-state index in [0.29, 0.717) is 12.5 Å². The number of alkyl halides is 1. The molecule has 0 saturated heterocycles. The van der Waals surface area contributed by atoms with Crippen LogP contribution in [0.4, 0.5) is 0 Å². The molecular weight excluding hydrogens is 232 g/mol. The van der Waals surface area contributed by atoms with Crippen molar-refractivity contribution in [3.8, 4) is 11.5 Å². The fourth-order valence-electron chi connectivity index (χ4n) is 1.15. The van der Waals surface area contributed by atoms with Gasteiger partial charge in [-0.2, -0.15) is 11.8 Å². The van der Waals surface area contributed by atoms with Gasteiger partial charge in [-0.3, -0.25) is 0 Å². The predicted molar refractivity (Wildman–Crippen MR) is 66.4 cm³/mol. The Morgan fingerprint density at radius 3 is 2.73 bits per heavy atom. The lowest BCUT2D eigenvalue weighted by molar-refractivity contribution is 0.313. The Morgan fingerprint density at radius 2 is 2.13 bits per heavy atom. The number of halogens is 1. The molecule has 0 atom stereocenters. The molecule has 0 bridgehead atoms. The van der Waals surface area contributed by atoms with E-state index in [4.69, 9.17) is 21.1 Å². The summed E-state index contributed by atoms with van der Waals surface area (Å²) in [7, 11) is 1.63. The molecule has 0 saturated carbocycles. The first-order valence-electron chi connectivity index (χ1n) is 4.66. The van der Waals surface area contributed by atoms with Gasteiger partial charge in [-0.25, -0.2) is 0 Å². The zero-order valence-corrected chi connectivity index (χ0v) is 10.5. The first-order chi connectivity index (χ1) is 7.31. The molecule has 0 N–H and O–H groups in total. The van der Waals surface area contributed by atoms with Gasteiger partial charge in [0.2, 0.25) is 0 Å². The summed E-state index contributed by atoms with van der Waals surface area (Å²) in [4.78, 5) is 0. The van der Waals surface area contributed by atoms with E-state index in [1.54, 1.807) is 18.9 Å². The normalized spacial score (nSPS) is 10.1. The molecule has 1 rings (SSSR count). The van der Waals surface area contributed by atoms with Crippen molar-refractivity contribution in [2.24, 2.45) is 0 Å². The second-order valence-corrected chi connectivity index (χ2v) is 4.21. The number of hydrogen-bond acceptors (Lipinski definition) is 3. The van der Waals surface area contributed by atoms with Crippen LogP contribution in [0.25, 0.3) is 0 Å². The highest BCUT2D eigenvalue weighted by Gasteiger charge is 2.04. The van der Waals surface area contributed by atoms with Gasteiger partial charge in [0.1, 0.15) is 0 Å². The highest BCUT2D eigenvalue weighted by Crippen LogP contribution is 2.28. The zero-order chi connectivity index (χ0) is 11.1. The molecule has 0 radical (unpaired) electrons. The van der Waals surface area contributed by atoms with Crippen LogP contribution in [0.15, 0.2) is 18.2 Å². The molecule has 4 heteroatoms. The van der Waals surface area contributed by atoms with E-state index in [1.165, 1.54) is 0 Å².